The summed E-state index contributed by atoms with van der Waals surface area (Å²) in [5.74, 6) is 0. The van der Waals surface area contributed by atoms with Gasteiger partial charge in [0.25, 0.3) is 0 Å². The van der Waals surface area contributed by atoms with Gasteiger partial charge in [-0.05, 0) is 32.9 Å². The second kappa shape index (κ2) is 6.93. The number of hydrogen-bond acceptors (Lipinski definition) is 4. The summed E-state index contributed by atoms with van der Waals surface area (Å²) in [4.78, 5) is 16.5. The summed E-state index contributed by atoms with van der Waals surface area (Å²) in [6.45, 7) is 8.00. The number of sulfonamides is 1. The summed E-state index contributed by atoms with van der Waals surface area (Å²) >= 11 is 0. The maximum Gasteiger partial charge on any atom is 0.321 e. The van der Waals surface area contributed by atoms with E-state index in [1.54, 1.807) is 41.0 Å². The Balaban J connectivity index is 1.82. The number of hydrogen-bond donors (Lipinski definition) is 0. The number of benzene rings is 1. The summed E-state index contributed by atoms with van der Waals surface area (Å²) in [5, 5.41) is 0. The van der Waals surface area contributed by atoms with Crippen molar-refractivity contribution in [1.29, 1.82) is 0 Å². The number of ether oxygens (including phenoxy) is 1. The molecule has 0 aromatic heterocycles. The Hall–Kier alpha value is -1.64. The zero-order chi connectivity index (χ0) is 18.2. The van der Waals surface area contributed by atoms with E-state index in [1.807, 2.05) is 13.8 Å². The minimum Gasteiger partial charge on any atom is -0.378 e. The second-order valence-electron chi connectivity index (χ2n) is 6.66. The van der Waals surface area contributed by atoms with E-state index >= 15 is 0 Å². The predicted octanol–water partition coefficient (Wildman–Crippen LogP) is 1.49. The van der Waals surface area contributed by atoms with Crippen LogP contribution >= 0.6 is 0 Å². The molecule has 8 heteroatoms. The first-order valence-corrected chi connectivity index (χ1v) is 10.00. The van der Waals surface area contributed by atoms with Gasteiger partial charge in [0, 0.05) is 25.7 Å². The normalized spacial score (nSPS) is 25.4. The summed E-state index contributed by atoms with van der Waals surface area (Å²) in [6, 6.07) is 6.51. The molecule has 0 spiro atoms. The van der Waals surface area contributed by atoms with Crippen LogP contribution in [0.15, 0.2) is 29.2 Å². The molecule has 138 valence electrons. The third-order valence-corrected chi connectivity index (χ3v) is 6.81. The first-order valence-electron chi connectivity index (χ1n) is 8.56. The summed E-state index contributed by atoms with van der Waals surface area (Å²) in [5.41, 5.74) is 1.01. The van der Waals surface area contributed by atoms with Crippen LogP contribution in [0.4, 0.5) is 4.79 Å². The molecular formula is C17H25N3O4S. The van der Waals surface area contributed by atoms with Gasteiger partial charge in [0.1, 0.15) is 0 Å². The van der Waals surface area contributed by atoms with Gasteiger partial charge in [-0.2, -0.15) is 4.31 Å². The average Bonchev–Trinajstić information content (AvgIpc) is 2.90. The Kier molecular flexibility index (Phi) is 5.04. The van der Waals surface area contributed by atoms with Crippen molar-refractivity contribution in [2.45, 2.75) is 37.9 Å². The molecule has 1 aromatic carbocycles. The number of rotatable bonds is 2. The van der Waals surface area contributed by atoms with Crippen molar-refractivity contribution >= 4 is 16.1 Å². The van der Waals surface area contributed by atoms with Crippen LogP contribution in [-0.4, -0.2) is 73.6 Å². The SMILES string of the molecule is Cc1ccc(S(=O)(=O)N2C[C@@H](C)N(C(=O)N3CCOCC3)[C@H]2C)cc1. The summed E-state index contributed by atoms with van der Waals surface area (Å²) in [6.07, 6.45) is -0.517. The second-order valence-corrected chi connectivity index (χ2v) is 8.55. The Morgan fingerprint density at radius 3 is 2.32 bits per heavy atom. The van der Waals surface area contributed by atoms with Crippen LogP contribution in [0.5, 0.6) is 0 Å². The van der Waals surface area contributed by atoms with Crippen molar-refractivity contribution in [1.82, 2.24) is 14.1 Å². The average molecular weight is 367 g/mol. The third kappa shape index (κ3) is 3.38. The molecule has 2 aliphatic rings. The zero-order valence-electron chi connectivity index (χ0n) is 14.9. The molecule has 2 aliphatic heterocycles. The van der Waals surface area contributed by atoms with E-state index in [4.69, 9.17) is 4.74 Å². The summed E-state index contributed by atoms with van der Waals surface area (Å²) in [7, 11) is -3.64. The molecule has 2 fully saturated rings. The standard InChI is InChI=1S/C17H25N3O4S/c1-13-4-6-16(7-5-13)25(22,23)19-12-14(2)20(15(19)3)17(21)18-8-10-24-11-9-18/h4-7,14-15H,8-12H2,1-3H3/t14-,15+/m1/s1. The van der Waals surface area contributed by atoms with Crippen molar-refractivity contribution in [3.8, 4) is 0 Å². The number of carbonyl (C=O) groups is 1. The molecule has 0 N–H and O–H groups in total. The molecule has 2 saturated heterocycles. The van der Waals surface area contributed by atoms with Crippen molar-refractivity contribution < 1.29 is 17.9 Å². The monoisotopic (exact) mass is 367 g/mol. The lowest BCUT2D eigenvalue weighted by molar-refractivity contribution is 0.0382. The maximum absolute atomic E-state index is 13.0. The van der Waals surface area contributed by atoms with E-state index in [0.29, 0.717) is 32.8 Å². The van der Waals surface area contributed by atoms with Gasteiger partial charge in [-0.15, -0.1) is 0 Å². The number of nitrogens with zero attached hydrogens (tertiary/aromatic N) is 3. The number of amides is 2. The van der Waals surface area contributed by atoms with Crippen molar-refractivity contribution in [3.05, 3.63) is 29.8 Å². The van der Waals surface area contributed by atoms with Crippen LogP contribution in [0, 0.1) is 6.92 Å². The quantitative estimate of drug-likeness (QED) is 0.794. The van der Waals surface area contributed by atoms with Crippen LogP contribution in [-0.2, 0) is 14.8 Å². The minimum atomic E-state index is -3.64. The van der Waals surface area contributed by atoms with Crippen molar-refractivity contribution in [2.75, 3.05) is 32.8 Å². The molecular weight excluding hydrogens is 342 g/mol. The van der Waals surface area contributed by atoms with Crippen molar-refractivity contribution in [2.24, 2.45) is 0 Å². The molecule has 0 bridgehead atoms. The van der Waals surface area contributed by atoms with E-state index in [0.717, 1.165) is 5.56 Å². The Morgan fingerprint density at radius 1 is 1.12 bits per heavy atom. The molecule has 3 rings (SSSR count). The highest BCUT2D eigenvalue weighted by Crippen LogP contribution is 2.28. The molecule has 0 radical (unpaired) electrons. The Labute approximate surface area is 149 Å². The van der Waals surface area contributed by atoms with Gasteiger partial charge < -0.3 is 14.5 Å². The van der Waals surface area contributed by atoms with E-state index in [1.165, 1.54) is 4.31 Å². The lowest BCUT2D eigenvalue weighted by Crippen LogP contribution is -2.52. The van der Waals surface area contributed by atoms with E-state index < -0.39 is 16.2 Å². The number of carbonyl (C=O) groups excluding carboxylic acids is 1. The van der Waals surface area contributed by atoms with E-state index in [2.05, 4.69) is 0 Å². The Bertz CT molecular complexity index is 729. The fraction of sp³-hybridized carbons (Fsp3) is 0.588. The highest BCUT2D eigenvalue weighted by atomic mass is 32.2. The smallest absolute Gasteiger partial charge is 0.321 e. The molecule has 2 heterocycles. The highest BCUT2D eigenvalue weighted by molar-refractivity contribution is 7.89. The Morgan fingerprint density at radius 2 is 1.72 bits per heavy atom. The molecule has 2 atom stereocenters. The number of morpholine rings is 1. The molecule has 2 amide bonds. The zero-order valence-corrected chi connectivity index (χ0v) is 15.7. The van der Waals surface area contributed by atoms with E-state index in [9.17, 15) is 13.2 Å². The van der Waals surface area contributed by atoms with Gasteiger partial charge in [-0.25, -0.2) is 13.2 Å². The fourth-order valence-corrected chi connectivity index (χ4v) is 5.08. The van der Waals surface area contributed by atoms with Gasteiger partial charge >= 0.3 is 6.03 Å². The molecule has 25 heavy (non-hydrogen) atoms. The van der Waals surface area contributed by atoms with Crippen LogP contribution in [0.2, 0.25) is 0 Å². The lowest BCUT2D eigenvalue weighted by Gasteiger charge is -2.35. The highest BCUT2D eigenvalue weighted by Gasteiger charge is 2.45. The van der Waals surface area contributed by atoms with Crippen molar-refractivity contribution in [3.63, 3.8) is 0 Å². The lowest BCUT2D eigenvalue weighted by atomic mass is 10.2. The van der Waals surface area contributed by atoms with Gasteiger partial charge in [0.05, 0.1) is 24.3 Å². The molecule has 1 aromatic rings. The largest absolute Gasteiger partial charge is 0.378 e. The van der Waals surface area contributed by atoms with Crippen LogP contribution in [0.25, 0.3) is 0 Å². The van der Waals surface area contributed by atoms with Gasteiger partial charge in [0.2, 0.25) is 10.0 Å². The van der Waals surface area contributed by atoms with Gasteiger partial charge in [-0.1, -0.05) is 17.7 Å². The first kappa shape index (κ1) is 18.2. The molecule has 7 nitrogen and oxygen atoms in total. The van der Waals surface area contributed by atoms with Crippen LogP contribution in [0.3, 0.4) is 0 Å². The number of urea groups is 1. The maximum atomic E-state index is 13.0. The van der Waals surface area contributed by atoms with Crippen LogP contribution < -0.4 is 0 Å². The van der Waals surface area contributed by atoms with Crippen LogP contribution in [0.1, 0.15) is 19.4 Å². The van der Waals surface area contributed by atoms with Gasteiger partial charge in [0.15, 0.2) is 0 Å². The number of aryl methyl sites for hydroxylation is 1. The predicted molar refractivity (Wildman–Crippen MR) is 93.6 cm³/mol. The third-order valence-electron chi connectivity index (χ3n) is 4.87. The topological polar surface area (TPSA) is 70.2 Å². The molecule has 0 aliphatic carbocycles. The summed E-state index contributed by atoms with van der Waals surface area (Å²) < 4.78 is 32.7. The minimum absolute atomic E-state index is 0.120. The fourth-order valence-electron chi connectivity index (χ4n) is 3.42. The first-order chi connectivity index (χ1) is 11.8. The van der Waals surface area contributed by atoms with Gasteiger partial charge in [-0.3, -0.25) is 0 Å². The molecule has 0 saturated carbocycles. The molecule has 0 unspecified atom stereocenters. The van der Waals surface area contributed by atoms with E-state index in [-0.39, 0.29) is 17.0 Å².